The van der Waals surface area contributed by atoms with Crippen molar-refractivity contribution < 1.29 is 39.7 Å². The lowest BCUT2D eigenvalue weighted by atomic mass is 9.30. The molecule has 4 aliphatic carbocycles. The number of aliphatic hydroxyl groups excluding tert-OH is 4. The summed E-state index contributed by atoms with van der Waals surface area (Å²) in [4.78, 5) is 16.9. The van der Waals surface area contributed by atoms with Crippen molar-refractivity contribution in [1.29, 1.82) is 0 Å². The summed E-state index contributed by atoms with van der Waals surface area (Å²) in [6, 6.07) is -1.10. The molecule has 0 aromatic heterocycles. The van der Waals surface area contributed by atoms with Gasteiger partial charge in [-0.1, -0.05) is 13.8 Å². The van der Waals surface area contributed by atoms with Crippen LogP contribution in [0.15, 0.2) is 4.99 Å². The molecule has 9 heteroatoms. The molecule has 2 spiro atoms. The summed E-state index contributed by atoms with van der Waals surface area (Å²) in [6.07, 6.45) is -0.505. The second-order valence-electron chi connectivity index (χ2n) is 11.4. The predicted molar refractivity (Wildman–Crippen MR) is 110 cm³/mol. The van der Waals surface area contributed by atoms with E-state index in [-0.39, 0.29) is 29.0 Å². The molecule has 13 atom stereocenters. The van der Waals surface area contributed by atoms with Gasteiger partial charge in [-0.05, 0) is 38.5 Å². The number of ether oxygens (including phenoxy) is 2. The highest BCUT2D eigenvalue weighted by Gasteiger charge is 2.83. The van der Waals surface area contributed by atoms with Gasteiger partial charge < -0.3 is 29.9 Å². The summed E-state index contributed by atoms with van der Waals surface area (Å²) in [5, 5.41) is 40.8. The molecule has 3 aliphatic heterocycles. The Bertz CT molecular complexity index is 824. The molecule has 4 saturated carbocycles. The van der Waals surface area contributed by atoms with Crippen molar-refractivity contribution in [2.24, 2.45) is 33.6 Å². The van der Waals surface area contributed by atoms with Crippen LogP contribution in [0.3, 0.4) is 0 Å². The molecule has 0 aromatic rings. The van der Waals surface area contributed by atoms with Crippen LogP contribution in [0.2, 0.25) is 0 Å². The average molecular weight is 454 g/mol. The third-order valence-electron chi connectivity index (χ3n) is 10.1. The monoisotopic (exact) mass is 453 g/mol. The van der Waals surface area contributed by atoms with E-state index < -0.39 is 42.9 Å². The standard InChI is InChI=1S/C23H35NO8/c1-10-4-5-23-11(2)18(24-14-16(27)15(26)13(9-25)30-19(14)28)29-12-8-21(3)6-7-22(10,17(12)23)20(23)31-32-21/h10-17,19-20,25-28H,4-9H2,1-3H3/t10-,11+,12?,13+,14?,15+,16+,17?,19-,20?,21+,22?,23?/m1/s1. The Labute approximate surface area is 187 Å². The van der Waals surface area contributed by atoms with Crippen molar-refractivity contribution in [1.82, 2.24) is 0 Å². The summed E-state index contributed by atoms with van der Waals surface area (Å²) in [7, 11) is 0. The Morgan fingerprint density at radius 1 is 1.06 bits per heavy atom. The Kier molecular flexibility index (Phi) is 4.66. The van der Waals surface area contributed by atoms with Crippen LogP contribution in [-0.4, -0.2) is 81.4 Å². The van der Waals surface area contributed by atoms with Crippen molar-refractivity contribution >= 4 is 5.90 Å². The van der Waals surface area contributed by atoms with E-state index in [0.29, 0.717) is 24.2 Å². The SMILES string of the molecule is C[C@@H]1CCC23C4OO[C@@]5(C)CCC41C2C(C5)OC(=NC1[C@H](O)O[C@@H](CO)[C@H](O)[C@H]1O)[C@@H]3C. The van der Waals surface area contributed by atoms with Gasteiger partial charge in [-0.2, -0.15) is 0 Å². The predicted octanol–water partition coefficient (Wildman–Crippen LogP) is 0.525. The first kappa shape index (κ1) is 21.7. The highest BCUT2D eigenvalue weighted by atomic mass is 17.2. The molecule has 32 heavy (non-hydrogen) atoms. The van der Waals surface area contributed by atoms with Crippen LogP contribution < -0.4 is 0 Å². The fourth-order valence-electron chi connectivity index (χ4n) is 8.41. The molecular weight excluding hydrogens is 418 g/mol. The van der Waals surface area contributed by atoms with Crippen LogP contribution in [0, 0.1) is 28.6 Å². The highest BCUT2D eigenvalue weighted by molar-refractivity contribution is 5.81. The second kappa shape index (κ2) is 6.87. The molecular formula is C23H35NO8. The zero-order valence-electron chi connectivity index (χ0n) is 18.9. The number of aliphatic hydroxyl groups is 4. The van der Waals surface area contributed by atoms with E-state index >= 15 is 0 Å². The van der Waals surface area contributed by atoms with E-state index in [1.54, 1.807) is 0 Å². The quantitative estimate of drug-likeness (QED) is 0.446. The maximum absolute atomic E-state index is 10.6. The molecule has 4 N–H and O–H groups in total. The lowest BCUT2D eigenvalue weighted by Gasteiger charge is -2.77. The summed E-state index contributed by atoms with van der Waals surface area (Å²) < 4.78 is 11.9. The lowest BCUT2D eigenvalue weighted by Crippen LogP contribution is -2.81. The Morgan fingerprint density at radius 3 is 2.59 bits per heavy atom. The van der Waals surface area contributed by atoms with E-state index in [0.717, 1.165) is 25.7 Å². The molecule has 180 valence electrons. The third kappa shape index (κ3) is 2.46. The van der Waals surface area contributed by atoms with Gasteiger partial charge in [0.1, 0.15) is 42.2 Å². The molecule has 7 aliphatic rings. The van der Waals surface area contributed by atoms with Gasteiger partial charge in [-0.25, -0.2) is 14.8 Å². The van der Waals surface area contributed by atoms with Gasteiger partial charge in [0.25, 0.3) is 0 Å². The molecule has 7 fully saturated rings. The first-order valence-electron chi connectivity index (χ1n) is 12.1. The van der Waals surface area contributed by atoms with Crippen molar-refractivity contribution in [2.75, 3.05) is 6.61 Å². The van der Waals surface area contributed by atoms with Crippen molar-refractivity contribution in [3.8, 4) is 0 Å². The van der Waals surface area contributed by atoms with E-state index in [9.17, 15) is 20.4 Å². The number of hydrogen-bond donors (Lipinski definition) is 4. The zero-order valence-corrected chi connectivity index (χ0v) is 18.9. The van der Waals surface area contributed by atoms with E-state index in [1.807, 2.05) is 0 Å². The first-order valence-corrected chi connectivity index (χ1v) is 12.1. The van der Waals surface area contributed by atoms with Gasteiger partial charge in [0.05, 0.1) is 6.61 Å². The van der Waals surface area contributed by atoms with Crippen molar-refractivity contribution in [3.05, 3.63) is 0 Å². The fraction of sp³-hybridized carbons (Fsp3) is 0.957. The van der Waals surface area contributed by atoms with Crippen LogP contribution in [0.1, 0.15) is 52.9 Å². The Hall–Kier alpha value is -0.810. The summed E-state index contributed by atoms with van der Waals surface area (Å²) in [6.45, 7) is 6.01. The topological polar surface area (TPSA) is 130 Å². The molecule has 0 aromatic carbocycles. The summed E-state index contributed by atoms with van der Waals surface area (Å²) in [5.74, 6) is 1.29. The average Bonchev–Trinajstić information content (AvgIpc) is 2.95. The fourth-order valence-corrected chi connectivity index (χ4v) is 8.41. The molecule has 3 heterocycles. The molecule has 0 radical (unpaired) electrons. The van der Waals surface area contributed by atoms with Crippen LogP contribution in [0.4, 0.5) is 0 Å². The van der Waals surface area contributed by atoms with E-state index in [4.69, 9.17) is 19.2 Å². The Balaban J connectivity index is 1.39. The maximum Gasteiger partial charge on any atom is 0.187 e. The number of fused-ring (bicyclic) bond motifs is 4. The largest absolute Gasteiger partial charge is 0.477 e. The number of rotatable bonds is 2. The van der Waals surface area contributed by atoms with Crippen LogP contribution in [0.25, 0.3) is 0 Å². The molecule has 3 bridgehead atoms. The molecule has 0 amide bonds. The minimum atomic E-state index is -1.45. The van der Waals surface area contributed by atoms with Crippen molar-refractivity contribution in [2.45, 2.75) is 101 Å². The maximum atomic E-state index is 10.6. The van der Waals surface area contributed by atoms with Crippen LogP contribution in [-0.2, 0) is 19.2 Å². The minimum absolute atomic E-state index is 0.0284. The van der Waals surface area contributed by atoms with Gasteiger partial charge in [0.2, 0.25) is 0 Å². The van der Waals surface area contributed by atoms with E-state index in [1.165, 1.54) is 0 Å². The first-order chi connectivity index (χ1) is 15.2. The lowest BCUT2D eigenvalue weighted by molar-refractivity contribution is -0.482. The number of hydrogen-bond acceptors (Lipinski definition) is 9. The van der Waals surface area contributed by atoms with Gasteiger partial charge >= 0.3 is 0 Å². The van der Waals surface area contributed by atoms with Gasteiger partial charge in [0.15, 0.2) is 12.2 Å². The normalized spacial score (nSPS) is 62.0. The van der Waals surface area contributed by atoms with Gasteiger partial charge in [-0.3, -0.25) is 0 Å². The van der Waals surface area contributed by atoms with Crippen molar-refractivity contribution in [3.63, 3.8) is 0 Å². The third-order valence-corrected chi connectivity index (χ3v) is 10.1. The molecule has 3 saturated heterocycles. The summed E-state index contributed by atoms with van der Waals surface area (Å²) in [5.41, 5.74) is -0.523. The molecule has 6 unspecified atom stereocenters. The minimum Gasteiger partial charge on any atom is -0.477 e. The zero-order chi connectivity index (χ0) is 22.6. The summed E-state index contributed by atoms with van der Waals surface area (Å²) >= 11 is 0. The smallest absolute Gasteiger partial charge is 0.187 e. The van der Waals surface area contributed by atoms with Gasteiger partial charge in [0, 0.05) is 29.1 Å². The van der Waals surface area contributed by atoms with Gasteiger partial charge in [-0.15, -0.1) is 0 Å². The van der Waals surface area contributed by atoms with Crippen LogP contribution in [0.5, 0.6) is 0 Å². The molecule has 9 nitrogen and oxygen atoms in total. The van der Waals surface area contributed by atoms with Crippen LogP contribution >= 0.6 is 0 Å². The Morgan fingerprint density at radius 2 is 1.84 bits per heavy atom. The number of nitrogens with zero attached hydrogens (tertiary/aromatic N) is 1. The second-order valence-corrected chi connectivity index (χ2v) is 11.4. The number of aliphatic imine (C=N–C) groups is 1. The highest BCUT2D eigenvalue weighted by Crippen LogP contribution is 2.79. The molecule has 7 rings (SSSR count). The van der Waals surface area contributed by atoms with E-state index in [2.05, 4.69) is 25.8 Å².